The Balaban J connectivity index is 1.90. The molecule has 1 saturated heterocycles. The molecule has 2 rings (SSSR count). The number of nitrogens with one attached hydrogen (secondary N) is 1. The third kappa shape index (κ3) is 2.60. The molecule has 15 heavy (non-hydrogen) atoms. The second kappa shape index (κ2) is 5.10. The van der Waals surface area contributed by atoms with Crippen LogP contribution in [0.4, 0.5) is 0 Å². The summed E-state index contributed by atoms with van der Waals surface area (Å²) in [5.74, 6) is 0. The maximum atomic E-state index is 3.37. The average molecular weight is 224 g/mol. The first-order valence-electron chi connectivity index (χ1n) is 5.76. The van der Waals surface area contributed by atoms with Crippen LogP contribution in [0.1, 0.15) is 30.7 Å². The van der Waals surface area contributed by atoms with E-state index < -0.39 is 0 Å². The van der Waals surface area contributed by atoms with Crippen LogP contribution < -0.4 is 5.32 Å². The van der Waals surface area contributed by atoms with Gasteiger partial charge in [-0.1, -0.05) is 6.07 Å². The van der Waals surface area contributed by atoms with Gasteiger partial charge in [-0.25, -0.2) is 0 Å². The highest BCUT2D eigenvalue weighted by Gasteiger charge is 2.22. The molecule has 1 atom stereocenters. The van der Waals surface area contributed by atoms with E-state index in [1.165, 1.54) is 30.8 Å². The van der Waals surface area contributed by atoms with E-state index in [0.29, 0.717) is 6.04 Å². The molecule has 0 saturated carbocycles. The lowest BCUT2D eigenvalue weighted by Gasteiger charge is -2.35. The van der Waals surface area contributed by atoms with Gasteiger partial charge in [0.15, 0.2) is 0 Å². The number of likely N-dealkylation sites (tertiary alicyclic amines) is 1. The quantitative estimate of drug-likeness (QED) is 0.848. The van der Waals surface area contributed by atoms with Gasteiger partial charge in [-0.05, 0) is 38.3 Å². The summed E-state index contributed by atoms with van der Waals surface area (Å²) < 4.78 is 0. The summed E-state index contributed by atoms with van der Waals surface area (Å²) in [6.45, 7) is 4.78. The van der Waals surface area contributed by atoms with Gasteiger partial charge in [0.05, 0.1) is 0 Å². The van der Waals surface area contributed by atoms with Gasteiger partial charge in [-0.3, -0.25) is 4.90 Å². The lowest BCUT2D eigenvalue weighted by atomic mass is 10.0. The largest absolute Gasteiger partial charge is 0.317 e. The highest BCUT2D eigenvalue weighted by atomic mass is 32.1. The van der Waals surface area contributed by atoms with Gasteiger partial charge in [0.2, 0.25) is 0 Å². The van der Waals surface area contributed by atoms with Crippen molar-refractivity contribution in [1.82, 2.24) is 10.2 Å². The van der Waals surface area contributed by atoms with E-state index in [1.54, 1.807) is 0 Å². The second-order valence-electron chi connectivity index (χ2n) is 4.29. The summed E-state index contributed by atoms with van der Waals surface area (Å²) in [6.07, 6.45) is 2.57. The molecular weight excluding hydrogens is 204 g/mol. The number of hydrogen-bond acceptors (Lipinski definition) is 3. The van der Waals surface area contributed by atoms with Crippen LogP contribution in [-0.2, 0) is 0 Å². The Bertz CT molecular complexity index is 276. The molecule has 1 aromatic heterocycles. The topological polar surface area (TPSA) is 15.3 Å². The van der Waals surface area contributed by atoms with Crippen molar-refractivity contribution in [2.45, 2.75) is 31.8 Å². The first-order chi connectivity index (χ1) is 7.31. The van der Waals surface area contributed by atoms with Crippen molar-refractivity contribution in [3.63, 3.8) is 0 Å². The molecule has 0 radical (unpaired) electrons. The number of nitrogens with zero attached hydrogens (tertiary/aromatic N) is 1. The third-order valence-corrected chi connectivity index (χ3v) is 4.48. The normalized spacial score (nSPS) is 21.7. The molecule has 0 unspecified atom stereocenters. The van der Waals surface area contributed by atoms with Crippen molar-refractivity contribution in [3.8, 4) is 0 Å². The van der Waals surface area contributed by atoms with Crippen LogP contribution in [0.25, 0.3) is 0 Å². The SMILES string of the molecule is CNC1CCN([C@H](C)c2cccs2)CC1. The minimum absolute atomic E-state index is 0.600. The second-order valence-corrected chi connectivity index (χ2v) is 5.27. The van der Waals surface area contributed by atoms with Gasteiger partial charge >= 0.3 is 0 Å². The zero-order valence-electron chi connectivity index (χ0n) is 9.57. The van der Waals surface area contributed by atoms with Crippen molar-refractivity contribution in [2.24, 2.45) is 0 Å². The van der Waals surface area contributed by atoms with Gasteiger partial charge in [-0.2, -0.15) is 0 Å². The van der Waals surface area contributed by atoms with Crippen LogP contribution in [0, 0.1) is 0 Å². The summed E-state index contributed by atoms with van der Waals surface area (Å²) in [5.41, 5.74) is 0. The first kappa shape index (κ1) is 11.1. The molecule has 0 spiro atoms. The van der Waals surface area contributed by atoms with Gasteiger partial charge in [-0.15, -0.1) is 11.3 Å². The van der Waals surface area contributed by atoms with Gasteiger partial charge in [0.25, 0.3) is 0 Å². The van der Waals surface area contributed by atoms with Gasteiger partial charge < -0.3 is 5.32 Å². The monoisotopic (exact) mass is 224 g/mol. The maximum Gasteiger partial charge on any atom is 0.0413 e. The molecule has 0 aromatic carbocycles. The minimum atomic E-state index is 0.600. The molecule has 0 bridgehead atoms. The summed E-state index contributed by atoms with van der Waals surface area (Å²) >= 11 is 1.87. The standard InChI is InChI=1S/C12H20N2S/c1-10(12-4-3-9-15-12)14-7-5-11(13-2)6-8-14/h3-4,9-11,13H,5-8H2,1-2H3/t10-/m1/s1. The Hall–Kier alpha value is -0.380. The Morgan fingerprint density at radius 3 is 2.73 bits per heavy atom. The molecule has 84 valence electrons. The molecule has 2 heterocycles. The zero-order chi connectivity index (χ0) is 10.7. The lowest BCUT2D eigenvalue weighted by molar-refractivity contribution is 0.157. The Morgan fingerprint density at radius 2 is 2.20 bits per heavy atom. The van der Waals surface area contributed by atoms with E-state index in [0.717, 1.165) is 6.04 Å². The molecule has 0 aliphatic carbocycles. The van der Waals surface area contributed by atoms with Crippen LogP contribution in [-0.4, -0.2) is 31.1 Å². The van der Waals surface area contributed by atoms with Crippen molar-refractivity contribution < 1.29 is 0 Å². The van der Waals surface area contributed by atoms with Crippen LogP contribution in [0.15, 0.2) is 17.5 Å². The lowest BCUT2D eigenvalue weighted by Crippen LogP contribution is -2.41. The predicted octanol–water partition coefficient (Wildman–Crippen LogP) is 2.49. The fourth-order valence-corrected chi connectivity index (χ4v) is 3.10. The molecule has 1 N–H and O–H groups in total. The fraction of sp³-hybridized carbons (Fsp3) is 0.667. The van der Waals surface area contributed by atoms with E-state index in [9.17, 15) is 0 Å². The molecule has 1 fully saturated rings. The summed E-state index contributed by atoms with van der Waals surface area (Å²) in [4.78, 5) is 4.09. The van der Waals surface area contributed by atoms with Crippen molar-refractivity contribution in [2.75, 3.05) is 20.1 Å². The molecule has 1 aliphatic heterocycles. The molecule has 2 nitrogen and oxygen atoms in total. The maximum absolute atomic E-state index is 3.37. The van der Waals surface area contributed by atoms with Crippen LogP contribution in [0.5, 0.6) is 0 Å². The predicted molar refractivity (Wildman–Crippen MR) is 66.4 cm³/mol. The zero-order valence-corrected chi connectivity index (χ0v) is 10.4. The number of hydrogen-bond donors (Lipinski definition) is 1. The van der Waals surface area contributed by atoms with E-state index in [-0.39, 0.29) is 0 Å². The minimum Gasteiger partial charge on any atom is -0.317 e. The average Bonchev–Trinajstić information content (AvgIpc) is 2.82. The Morgan fingerprint density at radius 1 is 1.47 bits per heavy atom. The van der Waals surface area contributed by atoms with E-state index in [4.69, 9.17) is 0 Å². The highest BCUT2D eigenvalue weighted by Crippen LogP contribution is 2.27. The Labute approximate surface area is 96.3 Å². The number of thiophene rings is 1. The van der Waals surface area contributed by atoms with Crippen LogP contribution in [0.3, 0.4) is 0 Å². The van der Waals surface area contributed by atoms with E-state index in [1.807, 2.05) is 11.3 Å². The highest BCUT2D eigenvalue weighted by molar-refractivity contribution is 7.10. The first-order valence-corrected chi connectivity index (χ1v) is 6.64. The van der Waals surface area contributed by atoms with Crippen molar-refractivity contribution in [1.29, 1.82) is 0 Å². The smallest absolute Gasteiger partial charge is 0.0413 e. The Kier molecular flexibility index (Phi) is 3.78. The van der Waals surface area contributed by atoms with Crippen molar-refractivity contribution >= 4 is 11.3 Å². The third-order valence-electron chi connectivity index (χ3n) is 3.44. The molecule has 0 amide bonds. The summed E-state index contributed by atoms with van der Waals surface area (Å²) in [5, 5.41) is 5.55. The fourth-order valence-electron chi connectivity index (χ4n) is 2.28. The summed E-state index contributed by atoms with van der Waals surface area (Å²) in [7, 11) is 2.07. The molecule has 1 aromatic rings. The number of piperidine rings is 1. The van der Waals surface area contributed by atoms with Crippen LogP contribution >= 0.6 is 11.3 Å². The van der Waals surface area contributed by atoms with Crippen molar-refractivity contribution in [3.05, 3.63) is 22.4 Å². The molecule has 3 heteroatoms. The van der Waals surface area contributed by atoms with Gasteiger partial charge in [0.1, 0.15) is 0 Å². The summed E-state index contributed by atoms with van der Waals surface area (Å²) in [6, 6.07) is 5.73. The van der Waals surface area contributed by atoms with E-state index >= 15 is 0 Å². The van der Waals surface area contributed by atoms with Gasteiger partial charge in [0, 0.05) is 30.1 Å². The van der Waals surface area contributed by atoms with E-state index in [2.05, 4.69) is 41.7 Å². The van der Waals surface area contributed by atoms with Crippen LogP contribution in [0.2, 0.25) is 0 Å². The number of rotatable bonds is 3. The molecule has 1 aliphatic rings. The molecular formula is C12H20N2S.